The molecule has 0 heterocycles. The Morgan fingerprint density at radius 2 is 1.88 bits per heavy atom. The molecule has 5 heteroatoms. The third-order valence-electron chi connectivity index (χ3n) is 2.56. The smallest absolute Gasteiger partial charge is 0.325 e. The van der Waals surface area contributed by atoms with Crippen LogP contribution in [0.1, 0.15) is 34.6 Å². The Hall–Kier alpha value is -1.10. The molecule has 0 fully saturated rings. The fraction of sp³-hybridized carbons (Fsp3) is 0.833. The number of ether oxygens (including phenoxy) is 1. The second-order valence-corrected chi connectivity index (χ2v) is 4.76. The second-order valence-electron chi connectivity index (χ2n) is 4.76. The fourth-order valence-corrected chi connectivity index (χ4v) is 1.57. The number of amides is 1. The summed E-state index contributed by atoms with van der Waals surface area (Å²) in [5, 5.41) is 3.10. The van der Waals surface area contributed by atoms with Gasteiger partial charge in [-0.3, -0.25) is 9.59 Å². The van der Waals surface area contributed by atoms with Crippen LogP contribution in [0.15, 0.2) is 0 Å². The zero-order chi connectivity index (χ0) is 13.6. The van der Waals surface area contributed by atoms with Gasteiger partial charge in [0.25, 0.3) is 0 Å². The number of likely N-dealkylation sites (N-methyl/N-ethyl adjacent to an activating group) is 1. The Kier molecular flexibility index (Phi) is 6.16. The number of esters is 1. The van der Waals surface area contributed by atoms with E-state index in [4.69, 9.17) is 0 Å². The Morgan fingerprint density at radius 1 is 1.35 bits per heavy atom. The van der Waals surface area contributed by atoms with E-state index in [1.54, 1.807) is 0 Å². The predicted molar refractivity (Wildman–Crippen MR) is 66.6 cm³/mol. The average Bonchev–Trinajstić information content (AvgIpc) is 2.23. The van der Waals surface area contributed by atoms with Crippen LogP contribution in [0.4, 0.5) is 0 Å². The summed E-state index contributed by atoms with van der Waals surface area (Å²) in [6.45, 7) is 10.0. The molecule has 0 aromatic heterocycles. The first-order valence-corrected chi connectivity index (χ1v) is 5.89. The highest BCUT2D eigenvalue weighted by molar-refractivity contribution is 5.88. The van der Waals surface area contributed by atoms with Crippen LogP contribution in [0.3, 0.4) is 0 Å². The lowest BCUT2D eigenvalue weighted by molar-refractivity contribution is -0.150. The van der Waals surface area contributed by atoms with Gasteiger partial charge in [0.1, 0.15) is 6.54 Å². The van der Waals surface area contributed by atoms with Crippen molar-refractivity contribution < 1.29 is 14.3 Å². The van der Waals surface area contributed by atoms with Gasteiger partial charge in [0, 0.05) is 6.04 Å². The van der Waals surface area contributed by atoms with Crippen molar-refractivity contribution in [2.45, 2.75) is 46.2 Å². The molecule has 0 unspecified atom stereocenters. The normalized spacial score (nSPS) is 11.5. The van der Waals surface area contributed by atoms with Gasteiger partial charge in [-0.25, -0.2) is 0 Å². The number of carbonyl (C=O) groups excluding carboxylic acids is 2. The molecule has 1 amide bonds. The molecule has 5 nitrogen and oxygen atoms in total. The minimum absolute atomic E-state index is 0.0121. The molecule has 0 saturated carbocycles. The van der Waals surface area contributed by atoms with Crippen molar-refractivity contribution in [3.63, 3.8) is 0 Å². The van der Waals surface area contributed by atoms with E-state index in [-0.39, 0.29) is 18.5 Å². The molecular formula is C12H24N2O3. The van der Waals surface area contributed by atoms with Crippen LogP contribution in [-0.4, -0.2) is 48.6 Å². The Labute approximate surface area is 103 Å². The van der Waals surface area contributed by atoms with E-state index in [9.17, 15) is 9.59 Å². The maximum atomic E-state index is 12.3. The van der Waals surface area contributed by atoms with Crippen molar-refractivity contribution in [3.8, 4) is 0 Å². The molecule has 0 aromatic carbocycles. The third kappa shape index (κ3) is 4.73. The van der Waals surface area contributed by atoms with Crippen molar-refractivity contribution in [1.82, 2.24) is 10.2 Å². The number of rotatable bonds is 6. The molecule has 0 aromatic rings. The first kappa shape index (κ1) is 15.9. The molecule has 0 saturated heterocycles. The first-order chi connectivity index (χ1) is 7.76. The lowest BCUT2D eigenvalue weighted by atomic mass is 10.0. The lowest BCUT2D eigenvalue weighted by Gasteiger charge is -2.34. The first-order valence-electron chi connectivity index (χ1n) is 5.89. The van der Waals surface area contributed by atoms with Crippen LogP contribution >= 0.6 is 0 Å². The molecule has 0 bridgehead atoms. The van der Waals surface area contributed by atoms with Gasteiger partial charge >= 0.3 is 5.97 Å². The molecule has 0 rings (SSSR count). The summed E-state index contributed by atoms with van der Waals surface area (Å²) in [7, 11) is 1.32. The molecule has 0 aliphatic heterocycles. The molecule has 100 valence electrons. The molecule has 0 aliphatic carbocycles. The summed E-state index contributed by atoms with van der Waals surface area (Å²) in [4.78, 5) is 25.1. The highest BCUT2D eigenvalue weighted by atomic mass is 16.5. The van der Waals surface area contributed by atoms with Crippen molar-refractivity contribution in [2.24, 2.45) is 0 Å². The van der Waals surface area contributed by atoms with Crippen molar-refractivity contribution >= 4 is 11.9 Å². The highest BCUT2D eigenvalue weighted by Gasteiger charge is 2.33. The van der Waals surface area contributed by atoms with Gasteiger partial charge < -0.3 is 15.0 Å². The summed E-state index contributed by atoms with van der Waals surface area (Å²) in [5.74, 6) is -0.501. The van der Waals surface area contributed by atoms with E-state index in [2.05, 4.69) is 10.1 Å². The van der Waals surface area contributed by atoms with Crippen molar-refractivity contribution in [3.05, 3.63) is 0 Å². The van der Waals surface area contributed by atoms with Crippen LogP contribution in [0.2, 0.25) is 0 Å². The number of carbonyl (C=O) groups is 2. The lowest BCUT2D eigenvalue weighted by Crippen LogP contribution is -2.56. The van der Waals surface area contributed by atoms with Gasteiger partial charge in [0.2, 0.25) is 5.91 Å². The average molecular weight is 244 g/mol. The van der Waals surface area contributed by atoms with E-state index >= 15 is 0 Å². The summed E-state index contributed by atoms with van der Waals surface area (Å²) in [6, 6.07) is -0.0421. The van der Waals surface area contributed by atoms with E-state index < -0.39 is 11.5 Å². The minimum Gasteiger partial charge on any atom is -0.468 e. The molecular weight excluding hydrogens is 220 g/mol. The number of hydrogen-bond acceptors (Lipinski definition) is 4. The second kappa shape index (κ2) is 6.59. The van der Waals surface area contributed by atoms with Gasteiger partial charge in [-0.2, -0.15) is 0 Å². The minimum atomic E-state index is -0.674. The summed E-state index contributed by atoms with van der Waals surface area (Å²) in [6.07, 6.45) is 0. The fourth-order valence-electron chi connectivity index (χ4n) is 1.57. The molecule has 0 spiro atoms. The zero-order valence-corrected chi connectivity index (χ0v) is 11.7. The monoisotopic (exact) mass is 244 g/mol. The van der Waals surface area contributed by atoms with E-state index in [0.717, 1.165) is 0 Å². The largest absolute Gasteiger partial charge is 0.468 e. The van der Waals surface area contributed by atoms with Gasteiger partial charge in [0.05, 0.1) is 12.6 Å². The van der Waals surface area contributed by atoms with E-state index in [1.165, 1.54) is 12.0 Å². The van der Waals surface area contributed by atoms with Crippen LogP contribution in [0.5, 0.6) is 0 Å². The van der Waals surface area contributed by atoms with E-state index in [0.29, 0.717) is 6.54 Å². The number of nitrogens with zero attached hydrogens (tertiary/aromatic N) is 1. The van der Waals surface area contributed by atoms with Crippen LogP contribution in [-0.2, 0) is 14.3 Å². The number of methoxy groups -OCH3 is 1. The molecule has 0 radical (unpaired) electrons. The maximum absolute atomic E-state index is 12.3. The Balaban J connectivity index is 4.82. The zero-order valence-electron chi connectivity index (χ0n) is 11.7. The number of hydrogen-bond donors (Lipinski definition) is 1. The van der Waals surface area contributed by atoms with Crippen LogP contribution in [0.25, 0.3) is 0 Å². The van der Waals surface area contributed by atoms with Crippen LogP contribution in [0, 0.1) is 0 Å². The highest BCUT2D eigenvalue weighted by Crippen LogP contribution is 2.11. The summed E-state index contributed by atoms with van der Waals surface area (Å²) < 4.78 is 4.60. The predicted octanol–water partition coefficient (Wildman–Crippen LogP) is 0.785. The van der Waals surface area contributed by atoms with E-state index in [1.807, 2.05) is 34.6 Å². The van der Waals surface area contributed by atoms with Crippen molar-refractivity contribution in [1.29, 1.82) is 0 Å². The number of nitrogens with one attached hydrogen (secondary N) is 1. The Morgan fingerprint density at radius 3 is 2.24 bits per heavy atom. The van der Waals surface area contributed by atoms with Crippen LogP contribution < -0.4 is 5.32 Å². The van der Waals surface area contributed by atoms with Gasteiger partial charge in [0.15, 0.2) is 0 Å². The SMILES string of the molecule is CCNC(C)(C)C(=O)N(CC(=O)OC)C(C)C. The summed E-state index contributed by atoms with van der Waals surface area (Å²) >= 11 is 0. The standard InChI is InChI=1S/C12H24N2O3/c1-7-13-12(4,5)11(16)14(9(2)3)8-10(15)17-6/h9,13H,7-8H2,1-6H3. The molecule has 1 N–H and O–H groups in total. The molecule has 17 heavy (non-hydrogen) atoms. The third-order valence-corrected chi connectivity index (χ3v) is 2.56. The molecule has 0 atom stereocenters. The molecule has 0 aliphatic rings. The van der Waals surface area contributed by atoms with Gasteiger partial charge in [-0.1, -0.05) is 6.92 Å². The summed E-state index contributed by atoms with van der Waals surface area (Å²) in [5.41, 5.74) is -0.674. The topological polar surface area (TPSA) is 58.6 Å². The maximum Gasteiger partial charge on any atom is 0.325 e. The quantitative estimate of drug-likeness (QED) is 0.702. The van der Waals surface area contributed by atoms with Crippen molar-refractivity contribution in [2.75, 3.05) is 20.2 Å². The Bertz CT molecular complexity index is 275. The van der Waals surface area contributed by atoms with Gasteiger partial charge in [-0.15, -0.1) is 0 Å². The van der Waals surface area contributed by atoms with Gasteiger partial charge in [-0.05, 0) is 34.2 Å².